The van der Waals surface area contributed by atoms with Crippen LogP contribution in [0.1, 0.15) is 44.9 Å². The Morgan fingerprint density at radius 3 is 2.32 bits per heavy atom. The van der Waals surface area contributed by atoms with E-state index in [4.69, 9.17) is 0 Å². The van der Waals surface area contributed by atoms with Crippen molar-refractivity contribution in [1.82, 2.24) is 4.90 Å². The summed E-state index contributed by atoms with van der Waals surface area (Å²) in [6.07, 6.45) is 7.99. The van der Waals surface area contributed by atoms with Gasteiger partial charge in [-0.05, 0) is 55.9 Å². The minimum Gasteiger partial charge on any atom is -0.358 e. The molecule has 0 spiro atoms. The lowest BCUT2D eigenvalue weighted by atomic mass is 9.94. The Kier molecular flexibility index (Phi) is 5.46. The van der Waals surface area contributed by atoms with Crippen LogP contribution in [0.5, 0.6) is 5.75 Å². The molecule has 6 nitrogen and oxygen atoms in total. The van der Waals surface area contributed by atoms with Gasteiger partial charge in [0.25, 0.3) is 0 Å². The van der Waals surface area contributed by atoms with E-state index in [1.807, 2.05) is 4.90 Å². The molecule has 2 fully saturated rings. The summed E-state index contributed by atoms with van der Waals surface area (Å²) >= 11 is 0. The van der Waals surface area contributed by atoms with Gasteiger partial charge in [-0.1, -0.05) is 23.1 Å². The predicted molar refractivity (Wildman–Crippen MR) is 92.4 cm³/mol. The van der Waals surface area contributed by atoms with E-state index in [1.54, 1.807) is 0 Å². The van der Waals surface area contributed by atoms with Crippen LogP contribution in [0.2, 0.25) is 0 Å². The van der Waals surface area contributed by atoms with Gasteiger partial charge in [0.1, 0.15) is 5.75 Å². The van der Waals surface area contributed by atoms with Crippen molar-refractivity contribution in [3.8, 4) is 5.75 Å². The van der Waals surface area contributed by atoms with Gasteiger partial charge in [-0.3, -0.25) is 0 Å². The summed E-state index contributed by atoms with van der Waals surface area (Å²) in [5, 5.41) is 2.85. The highest BCUT2D eigenvalue weighted by molar-refractivity contribution is 7.81. The summed E-state index contributed by atoms with van der Waals surface area (Å²) in [7, 11) is -5.04. The maximum absolute atomic E-state index is 12.7. The summed E-state index contributed by atoms with van der Waals surface area (Å²) < 4.78 is 37.6. The molecule has 0 aliphatic heterocycles. The molecule has 2 aliphatic rings. The van der Waals surface area contributed by atoms with Crippen molar-refractivity contribution in [2.45, 2.75) is 51.0 Å². The SMILES string of the molecule is O=C(Nc1ccc(OS(=O)(=O)F)cc1)N(CC1CC1)C1CCCCC1. The van der Waals surface area contributed by atoms with Crippen LogP contribution in [0, 0.1) is 5.92 Å². The van der Waals surface area contributed by atoms with Crippen LogP contribution in [-0.4, -0.2) is 31.9 Å². The average Bonchev–Trinajstić information content (AvgIpc) is 3.38. The number of hydrogen-bond acceptors (Lipinski definition) is 4. The first kappa shape index (κ1) is 18.0. The Bertz CT molecular complexity index is 698. The fourth-order valence-electron chi connectivity index (χ4n) is 3.27. The molecule has 0 atom stereocenters. The van der Waals surface area contributed by atoms with E-state index in [0.29, 0.717) is 11.6 Å². The summed E-state index contributed by atoms with van der Waals surface area (Å²) in [6.45, 7) is 0.789. The highest BCUT2D eigenvalue weighted by atomic mass is 32.3. The van der Waals surface area contributed by atoms with Gasteiger partial charge in [-0.25, -0.2) is 4.79 Å². The molecule has 1 N–H and O–H groups in total. The van der Waals surface area contributed by atoms with Crippen molar-refractivity contribution in [3.63, 3.8) is 0 Å². The molecule has 2 saturated carbocycles. The third-order valence-electron chi connectivity index (χ3n) is 4.73. The Balaban J connectivity index is 1.63. The molecule has 0 saturated heterocycles. The third kappa shape index (κ3) is 5.59. The van der Waals surface area contributed by atoms with Gasteiger partial charge in [0.2, 0.25) is 0 Å². The molecule has 2 amide bonds. The highest BCUT2D eigenvalue weighted by Gasteiger charge is 2.31. The molecule has 1 aromatic rings. The van der Waals surface area contributed by atoms with Gasteiger partial charge in [-0.15, -0.1) is 0 Å². The van der Waals surface area contributed by atoms with Crippen LogP contribution in [0.4, 0.5) is 14.4 Å². The number of halogens is 1. The number of amides is 2. The maximum atomic E-state index is 12.7. The van der Waals surface area contributed by atoms with E-state index in [2.05, 4.69) is 9.50 Å². The van der Waals surface area contributed by atoms with Crippen LogP contribution in [0.3, 0.4) is 0 Å². The maximum Gasteiger partial charge on any atom is 0.488 e. The minimum absolute atomic E-state index is 0.134. The highest BCUT2D eigenvalue weighted by Crippen LogP contribution is 2.33. The van der Waals surface area contributed by atoms with Crippen LogP contribution in [-0.2, 0) is 10.5 Å². The standard InChI is InChI=1S/C17H23FN2O4S/c18-25(22,23)24-16-10-8-14(9-11-16)19-17(21)20(12-13-6-7-13)15-4-2-1-3-5-15/h8-11,13,15H,1-7,12H2,(H,19,21). The number of nitrogens with one attached hydrogen (secondary N) is 1. The van der Waals surface area contributed by atoms with Crippen LogP contribution >= 0.6 is 0 Å². The van der Waals surface area contributed by atoms with Crippen LogP contribution in [0.25, 0.3) is 0 Å². The molecule has 0 unspecified atom stereocenters. The fraction of sp³-hybridized carbons (Fsp3) is 0.588. The van der Waals surface area contributed by atoms with Gasteiger partial charge >= 0.3 is 16.5 Å². The fourth-order valence-corrected chi connectivity index (χ4v) is 3.61. The largest absolute Gasteiger partial charge is 0.488 e. The van der Waals surface area contributed by atoms with Gasteiger partial charge in [-0.2, -0.15) is 8.42 Å². The molecule has 1 aromatic carbocycles. The topological polar surface area (TPSA) is 75.7 Å². The van der Waals surface area contributed by atoms with Crippen LogP contribution < -0.4 is 9.50 Å². The molecule has 0 aromatic heterocycles. The number of rotatable bonds is 6. The van der Waals surface area contributed by atoms with Crippen molar-refractivity contribution < 1.29 is 21.3 Å². The van der Waals surface area contributed by atoms with Crippen molar-refractivity contribution in [3.05, 3.63) is 24.3 Å². The van der Waals surface area contributed by atoms with E-state index in [-0.39, 0.29) is 17.8 Å². The number of benzene rings is 1. The van der Waals surface area contributed by atoms with Crippen molar-refractivity contribution in [2.24, 2.45) is 5.92 Å². The summed E-state index contributed by atoms with van der Waals surface area (Å²) in [6, 6.07) is 5.75. The number of carbonyl (C=O) groups excluding carboxylic acids is 1. The van der Waals surface area contributed by atoms with Crippen LogP contribution in [0.15, 0.2) is 24.3 Å². The monoisotopic (exact) mass is 370 g/mol. The second-order valence-electron chi connectivity index (χ2n) is 6.82. The lowest BCUT2D eigenvalue weighted by Gasteiger charge is -2.34. The molecule has 0 bridgehead atoms. The zero-order valence-corrected chi connectivity index (χ0v) is 14.8. The molecule has 25 heavy (non-hydrogen) atoms. The van der Waals surface area contributed by atoms with E-state index >= 15 is 0 Å². The Morgan fingerprint density at radius 1 is 1.12 bits per heavy atom. The normalized spacial score (nSPS) is 18.6. The molecule has 0 radical (unpaired) electrons. The summed E-state index contributed by atoms with van der Waals surface area (Å²) in [5.41, 5.74) is 0.519. The Hall–Kier alpha value is -1.83. The predicted octanol–water partition coefficient (Wildman–Crippen LogP) is 3.86. The lowest BCUT2D eigenvalue weighted by Crippen LogP contribution is -2.45. The molecule has 8 heteroatoms. The minimum atomic E-state index is -5.04. The Labute approximate surface area is 147 Å². The van der Waals surface area contributed by atoms with Gasteiger partial charge in [0.15, 0.2) is 0 Å². The smallest absolute Gasteiger partial charge is 0.358 e. The summed E-state index contributed by atoms with van der Waals surface area (Å²) in [5.74, 6) is 0.473. The molecule has 2 aliphatic carbocycles. The zero-order valence-electron chi connectivity index (χ0n) is 14.0. The van der Waals surface area contributed by atoms with Crippen molar-refractivity contribution >= 4 is 22.2 Å². The zero-order chi connectivity index (χ0) is 17.9. The van der Waals surface area contributed by atoms with Crippen molar-refractivity contribution in [2.75, 3.05) is 11.9 Å². The second kappa shape index (κ2) is 7.59. The number of carbonyl (C=O) groups is 1. The van der Waals surface area contributed by atoms with E-state index in [1.165, 1.54) is 43.5 Å². The number of urea groups is 1. The first-order valence-electron chi connectivity index (χ1n) is 8.72. The second-order valence-corrected chi connectivity index (χ2v) is 7.77. The lowest BCUT2D eigenvalue weighted by molar-refractivity contribution is 0.163. The number of nitrogens with zero attached hydrogens (tertiary/aromatic N) is 1. The first-order valence-corrected chi connectivity index (χ1v) is 10.0. The molecule has 0 heterocycles. The molecule has 3 rings (SSSR count). The number of anilines is 1. The van der Waals surface area contributed by atoms with Gasteiger partial charge < -0.3 is 14.4 Å². The first-order chi connectivity index (χ1) is 11.9. The summed E-state index contributed by atoms with van der Waals surface area (Å²) in [4.78, 5) is 14.7. The quantitative estimate of drug-likeness (QED) is 0.772. The van der Waals surface area contributed by atoms with E-state index in [0.717, 1.165) is 32.2 Å². The Morgan fingerprint density at radius 2 is 1.76 bits per heavy atom. The van der Waals surface area contributed by atoms with Gasteiger partial charge in [0, 0.05) is 18.3 Å². The van der Waals surface area contributed by atoms with E-state index < -0.39 is 10.5 Å². The molecular weight excluding hydrogens is 347 g/mol. The van der Waals surface area contributed by atoms with Gasteiger partial charge in [0.05, 0.1) is 0 Å². The van der Waals surface area contributed by atoms with Crippen molar-refractivity contribution in [1.29, 1.82) is 0 Å². The average molecular weight is 370 g/mol. The van der Waals surface area contributed by atoms with E-state index in [9.17, 15) is 17.1 Å². The molecular formula is C17H23FN2O4S. The molecule has 138 valence electrons. The third-order valence-corrected chi connectivity index (χ3v) is 5.12. The number of hydrogen-bond donors (Lipinski definition) is 1.